The van der Waals surface area contributed by atoms with Gasteiger partial charge in [-0.25, -0.2) is 0 Å². The summed E-state index contributed by atoms with van der Waals surface area (Å²) >= 11 is 7.71. The molecule has 24 aromatic carbocycles. The molecule has 0 spiro atoms. The number of benzene rings is 24. The molecule has 4 heterocycles. The molecule has 0 saturated heterocycles. The van der Waals surface area contributed by atoms with Crippen LogP contribution >= 0.6 is 45.3 Å². The third-order valence-corrected chi connectivity index (χ3v) is 33.6. The van der Waals surface area contributed by atoms with Gasteiger partial charge in [0.25, 0.3) is 0 Å². The van der Waals surface area contributed by atoms with Crippen molar-refractivity contribution in [1.29, 1.82) is 0 Å². The molecular weight excluding hydrogens is 1770 g/mol. The van der Waals surface area contributed by atoms with Crippen LogP contribution in [0.3, 0.4) is 0 Å². The second kappa shape index (κ2) is 33.7. The molecule has 0 amide bonds. The van der Waals surface area contributed by atoms with Crippen molar-refractivity contribution in [3.05, 3.63) is 483 Å². The highest BCUT2D eigenvalue weighted by Crippen LogP contribution is 2.59. The van der Waals surface area contributed by atoms with Crippen molar-refractivity contribution >= 4 is 259 Å². The van der Waals surface area contributed by atoms with Gasteiger partial charge in [-0.15, -0.1) is 45.3 Å². The summed E-state index contributed by atoms with van der Waals surface area (Å²) in [7, 11) is 0. The predicted octanol–water partition coefficient (Wildman–Crippen LogP) is 40.4. The van der Waals surface area contributed by atoms with E-state index in [2.05, 4.69) is 508 Å². The molecule has 4 aromatic heterocycles. The first-order chi connectivity index (χ1) is 69.1. The first-order valence-electron chi connectivity index (χ1n) is 48.0. The number of thiophene rings is 4. The number of anilines is 12. The predicted molar refractivity (Wildman–Crippen MR) is 611 cm³/mol. The highest BCUT2D eigenvalue weighted by molar-refractivity contribution is 7.28. The van der Waals surface area contributed by atoms with Gasteiger partial charge in [-0.1, -0.05) is 267 Å². The van der Waals surface area contributed by atoms with E-state index in [0.29, 0.717) is 0 Å². The van der Waals surface area contributed by atoms with Crippen molar-refractivity contribution < 1.29 is 0 Å². The molecule has 140 heavy (non-hydrogen) atoms. The van der Waals surface area contributed by atoms with Crippen LogP contribution in [-0.4, -0.2) is 0 Å². The van der Waals surface area contributed by atoms with E-state index in [1.54, 1.807) is 0 Å². The number of para-hydroxylation sites is 8. The lowest BCUT2D eigenvalue weighted by Gasteiger charge is -2.25. The van der Waals surface area contributed by atoms with Crippen LogP contribution in [0.5, 0.6) is 0 Å². The van der Waals surface area contributed by atoms with E-state index in [1.807, 2.05) is 45.3 Å². The molecule has 4 nitrogen and oxygen atoms in total. The van der Waals surface area contributed by atoms with Gasteiger partial charge in [0.2, 0.25) is 0 Å². The van der Waals surface area contributed by atoms with E-state index >= 15 is 0 Å². The summed E-state index contributed by atoms with van der Waals surface area (Å²) in [6, 6.07) is 170. The molecule has 28 rings (SSSR count). The maximum absolute atomic E-state index is 2.57. The van der Waals surface area contributed by atoms with Crippen molar-refractivity contribution in [3.8, 4) is 44.5 Å². The molecule has 0 aliphatic heterocycles. The monoisotopic (exact) mass is 1860 g/mol. The van der Waals surface area contributed by atoms with Crippen molar-refractivity contribution in [2.24, 2.45) is 0 Å². The minimum absolute atomic E-state index is 1.13. The Bertz CT molecular complexity index is 8950. The van der Waals surface area contributed by atoms with Gasteiger partial charge < -0.3 is 19.6 Å². The highest BCUT2D eigenvalue weighted by atomic mass is 32.1. The summed E-state index contributed by atoms with van der Waals surface area (Å²) in [5, 5.41) is 26.2. The van der Waals surface area contributed by atoms with E-state index < -0.39 is 0 Å². The number of aryl methyl sites for hydroxylation is 4. The number of rotatable bonds is 16. The van der Waals surface area contributed by atoms with Crippen LogP contribution in [0, 0.1) is 27.7 Å². The Balaban J connectivity index is 0.000000141. The molecule has 28 aromatic rings. The molecule has 8 heteroatoms. The van der Waals surface area contributed by atoms with Crippen LogP contribution in [0.1, 0.15) is 22.3 Å². The van der Waals surface area contributed by atoms with Crippen LogP contribution in [-0.2, 0) is 0 Å². The zero-order valence-corrected chi connectivity index (χ0v) is 80.6. The third-order valence-electron chi connectivity index (χ3n) is 28.8. The zero-order chi connectivity index (χ0) is 92.9. The standard InChI is InChI=1S/C68H48N2S2.C64H40N2S2/c1-41-19-17-20-42(2)63(41)53-39-59-66-56(38-58-52-34-32-50(36-62(52)71-67(58)59)70(47-27-13-7-14-28-47)48-29-15-8-16-30-48)54(64-43(3)21-18-22-44(64)4)40-60-65(66)55(53)37-57-51-33-31-49(35-61(51)72-68(57)60)69(45-23-9-5-10-24-45)46-25-11-6-12-26-46;1-7-19-41(20-8-1)51-37-57-62-54(40-56-50-34-32-48(36-60(50)67-63(56)57)66(45-27-15-5-16-28-45)46-29-17-6-18-30-46)52(42-21-9-2-10-22-42)38-58-61(62)53(51)39-55-49-33-31-47(35-59(49)68-64(55)58)65(43-23-11-3-12-24-43)44-25-13-4-14-26-44/h5-40H,1-4H3;1-40H. The second-order valence-corrected chi connectivity index (χ2v) is 41.2. The Labute approximate surface area is 827 Å². The average molecular weight is 1860 g/mol. The Morgan fingerprint density at radius 2 is 0.336 bits per heavy atom. The van der Waals surface area contributed by atoms with Crippen LogP contribution in [0.4, 0.5) is 68.2 Å². The van der Waals surface area contributed by atoms with Gasteiger partial charge in [0, 0.05) is 170 Å². The van der Waals surface area contributed by atoms with E-state index in [1.165, 1.54) is 212 Å². The van der Waals surface area contributed by atoms with Gasteiger partial charge in [0.05, 0.1) is 0 Å². The van der Waals surface area contributed by atoms with Crippen LogP contribution in [0.15, 0.2) is 461 Å². The molecule has 0 aliphatic carbocycles. The number of fused-ring (bicyclic) bond motifs is 16. The fourth-order valence-corrected chi connectivity index (χ4v) is 27.6. The van der Waals surface area contributed by atoms with Gasteiger partial charge in [-0.05, 0) is 332 Å². The number of hydrogen-bond acceptors (Lipinski definition) is 8. The second-order valence-electron chi connectivity index (χ2n) is 37.0. The SMILES string of the molecule is Cc1cccc(C)c1-c1cc2c3sc4cc(N(c5ccccc5)c5ccccc5)ccc4c3cc3c(-c4c(C)cccc4C)cc4c5sc6cc(N(c7ccccc7)c7ccccc7)ccc6c5cc1c4c32.c1ccc(-c2cc3c4sc5cc(N(c6ccccc6)c6ccccc6)ccc5c4cc4c(-c5ccccc5)cc5c6sc7cc(N(c8ccccc8)c8ccccc8)ccc7c6cc2c5c43)cc1. The smallest absolute Gasteiger partial charge is 0.0476 e. The Kier molecular flexibility index (Phi) is 20.0. The molecule has 0 radical (unpaired) electrons. The zero-order valence-electron chi connectivity index (χ0n) is 77.3. The molecule has 0 atom stereocenters. The third kappa shape index (κ3) is 13.6. The summed E-state index contributed by atoms with van der Waals surface area (Å²) < 4.78 is 10.4. The van der Waals surface area contributed by atoms with Crippen molar-refractivity contribution in [3.63, 3.8) is 0 Å². The normalized spacial score (nSPS) is 11.9. The summed E-state index contributed by atoms with van der Waals surface area (Å²) in [5.41, 5.74) is 29.0. The van der Waals surface area contributed by atoms with E-state index in [0.717, 1.165) is 68.2 Å². The summed E-state index contributed by atoms with van der Waals surface area (Å²) in [6.07, 6.45) is 0. The van der Waals surface area contributed by atoms with Gasteiger partial charge in [-0.3, -0.25) is 0 Å². The molecule has 0 aliphatic rings. The summed E-state index contributed by atoms with van der Waals surface area (Å²) in [5.74, 6) is 0. The minimum Gasteiger partial charge on any atom is -0.310 e. The molecule has 0 unspecified atom stereocenters. The number of hydrogen-bond donors (Lipinski definition) is 0. The lowest BCUT2D eigenvalue weighted by atomic mass is 9.82. The van der Waals surface area contributed by atoms with E-state index in [4.69, 9.17) is 0 Å². The van der Waals surface area contributed by atoms with Crippen molar-refractivity contribution in [2.75, 3.05) is 19.6 Å². The fraction of sp³-hybridized carbons (Fsp3) is 0.0303. The van der Waals surface area contributed by atoms with E-state index in [-0.39, 0.29) is 0 Å². The van der Waals surface area contributed by atoms with Gasteiger partial charge >= 0.3 is 0 Å². The fourth-order valence-electron chi connectivity index (χ4n) is 22.6. The minimum atomic E-state index is 1.13. The summed E-state index contributed by atoms with van der Waals surface area (Å²) in [4.78, 5) is 9.49. The Morgan fingerprint density at radius 1 is 0.143 bits per heavy atom. The molecule has 0 fully saturated rings. The average Bonchev–Trinajstić information content (AvgIpc) is 1.42. The first kappa shape index (κ1) is 82.9. The largest absolute Gasteiger partial charge is 0.310 e. The molecular formula is C132H88N4S4. The lowest BCUT2D eigenvalue weighted by Crippen LogP contribution is -2.09. The van der Waals surface area contributed by atoms with Gasteiger partial charge in [0.1, 0.15) is 0 Å². The van der Waals surface area contributed by atoms with Crippen LogP contribution < -0.4 is 19.6 Å². The lowest BCUT2D eigenvalue weighted by molar-refractivity contribution is 1.29. The molecule has 0 bridgehead atoms. The maximum Gasteiger partial charge on any atom is 0.0476 e. The van der Waals surface area contributed by atoms with Crippen molar-refractivity contribution in [2.45, 2.75) is 27.7 Å². The summed E-state index contributed by atoms with van der Waals surface area (Å²) in [6.45, 7) is 9.14. The Hall–Kier alpha value is -16.6. The molecule has 0 N–H and O–H groups in total. The van der Waals surface area contributed by atoms with Gasteiger partial charge in [-0.2, -0.15) is 0 Å². The quantitative estimate of drug-likeness (QED) is 0.0894. The first-order valence-corrected chi connectivity index (χ1v) is 51.2. The highest BCUT2D eigenvalue weighted by Gasteiger charge is 2.30. The topological polar surface area (TPSA) is 13.0 Å². The van der Waals surface area contributed by atoms with Crippen LogP contribution in [0.2, 0.25) is 0 Å². The molecule has 660 valence electrons. The van der Waals surface area contributed by atoms with Crippen LogP contribution in [0.25, 0.3) is 190 Å². The Morgan fingerprint density at radius 3 is 0.550 bits per heavy atom. The maximum atomic E-state index is 2.57. The number of nitrogens with zero attached hydrogens (tertiary/aromatic N) is 4. The van der Waals surface area contributed by atoms with Crippen molar-refractivity contribution in [1.82, 2.24) is 0 Å². The molecule has 0 saturated carbocycles. The van der Waals surface area contributed by atoms with Gasteiger partial charge in [0.15, 0.2) is 0 Å². The van der Waals surface area contributed by atoms with E-state index in [9.17, 15) is 0 Å².